The first-order valence-electron chi connectivity index (χ1n) is 10.5. The summed E-state index contributed by atoms with van der Waals surface area (Å²) in [6.07, 6.45) is 3.06. The smallest absolute Gasteiger partial charge is 0.253 e. The van der Waals surface area contributed by atoms with E-state index in [1.807, 2.05) is 53.4 Å². The van der Waals surface area contributed by atoms with E-state index in [4.69, 9.17) is 9.72 Å². The molecule has 2 aromatic carbocycles. The van der Waals surface area contributed by atoms with Gasteiger partial charge in [0.25, 0.3) is 5.91 Å². The van der Waals surface area contributed by atoms with E-state index >= 15 is 0 Å². The van der Waals surface area contributed by atoms with Gasteiger partial charge in [-0.15, -0.1) is 0 Å². The summed E-state index contributed by atoms with van der Waals surface area (Å²) in [6.45, 7) is 5.95. The molecule has 0 aliphatic carbocycles. The van der Waals surface area contributed by atoms with E-state index in [1.54, 1.807) is 0 Å². The second-order valence-electron chi connectivity index (χ2n) is 7.44. The van der Waals surface area contributed by atoms with Crippen molar-refractivity contribution in [3.8, 4) is 5.75 Å². The number of nitrogens with zero attached hydrogens (tertiary/aromatic N) is 3. The molecule has 1 saturated heterocycles. The van der Waals surface area contributed by atoms with Crippen molar-refractivity contribution in [1.29, 1.82) is 0 Å². The van der Waals surface area contributed by atoms with Crippen molar-refractivity contribution in [2.45, 2.75) is 26.2 Å². The summed E-state index contributed by atoms with van der Waals surface area (Å²) in [5, 5.41) is 0. The van der Waals surface area contributed by atoms with Crippen molar-refractivity contribution in [3.05, 3.63) is 54.1 Å². The zero-order valence-corrected chi connectivity index (χ0v) is 16.9. The van der Waals surface area contributed by atoms with Crippen LogP contribution in [0.2, 0.25) is 0 Å². The molecule has 4 rings (SSSR count). The number of fused-ring (bicyclic) bond motifs is 1. The highest BCUT2D eigenvalue weighted by Crippen LogP contribution is 2.20. The molecule has 1 aromatic heterocycles. The monoisotopic (exact) mass is 392 g/mol. The number of rotatable bonds is 6. The minimum atomic E-state index is 0.0802. The standard InChI is InChI=1S/C23H28N4O2/c1-2-3-17-29-19-11-9-18(10-12-19)22(28)26-13-6-14-27(16-15-26)23-24-20-7-4-5-8-21(20)25-23/h4-5,7-12H,2-3,6,13-17H2,1H3,(H,24,25). The van der Waals surface area contributed by atoms with Crippen LogP contribution in [0, 0.1) is 0 Å². The molecule has 1 aliphatic heterocycles. The molecule has 6 nitrogen and oxygen atoms in total. The molecule has 0 atom stereocenters. The number of H-pyrrole nitrogens is 1. The second-order valence-corrected chi connectivity index (χ2v) is 7.44. The Morgan fingerprint density at radius 3 is 2.69 bits per heavy atom. The van der Waals surface area contributed by atoms with Gasteiger partial charge in [0.2, 0.25) is 5.95 Å². The Morgan fingerprint density at radius 2 is 1.90 bits per heavy atom. The van der Waals surface area contributed by atoms with Crippen molar-refractivity contribution in [2.24, 2.45) is 0 Å². The lowest BCUT2D eigenvalue weighted by Crippen LogP contribution is -2.35. The predicted octanol–water partition coefficient (Wildman–Crippen LogP) is 4.09. The second kappa shape index (κ2) is 8.99. The molecule has 0 radical (unpaired) electrons. The molecule has 0 unspecified atom stereocenters. The zero-order chi connectivity index (χ0) is 20.1. The van der Waals surface area contributed by atoms with Crippen LogP contribution in [-0.2, 0) is 0 Å². The molecule has 1 aliphatic rings. The van der Waals surface area contributed by atoms with Crippen LogP contribution in [0.1, 0.15) is 36.5 Å². The van der Waals surface area contributed by atoms with Crippen LogP contribution in [0.5, 0.6) is 5.75 Å². The molecule has 0 spiro atoms. The summed E-state index contributed by atoms with van der Waals surface area (Å²) in [5.74, 6) is 1.78. The van der Waals surface area contributed by atoms with E-state index in [-0.39, 0.29) is 5.91 Å². The minimum Gasteiger partial charge on any atom is -0.494 e. The largest absolute Gasteiger partial charge is 0.494 e. The Balaban J connectivity index is 1.38. The Bertz CT molecular complexity index is 918. The Hall–Kier alpha value is -3.02. The number of imidazole rings is 1. The van der Waals surface area contributed by atoms with Crippen LogP contribution < -0.4 is 9.64 Å². The Morgan fingerprint density at radius 1 is 1.07 bits per heavy atom. The molecular weight excluding hydrogens is 364 g/mol. The first kappa shape index (κ1) is 19.3. The maximum Gasteiger partial charge on any atom is 0.253 e. The van der Waals surface area contributed by atoms with Gasteiger partial charge in [-0.25, -0.2) is 4.98 Å². The van der Waals surface area contributed by atoms with Gasteiger partial charge in [0.15, 0.2) is 0 Å². The molecule has 0 saturated carbocycles. The maximum absolute atomic E-state index is 13.0. The van der Waals surface area contributed by atoms with Crippen LogP contribution in [0.4, 0.5) is 5.95 Å². The number of carbonyl (C=O) groups excluding carboxylic acids is 1. The van der Waals surface area contributed by atoms with Gasteiger partial charge in [0.05, 0.1) is 17.6 Å². The van der Waals surface area contributed by atoms with Crippen LogP contribution in [0.25, 0.3) is 11.0 Å². The molecule has 0 bridgehead atoms. The third kappa shape index (κ3) is 4.53. The summed E-state index contributed by atoms with van der Waals surface area (Å²) in [7, 11) is 0. The van der Waals surface area contributed by atoms with Gasteiger partial charge in [-0.1, -0.05) is 25.5 Å². The van der Waals surface area contributed by atoms with Crippen molar-refractivity contribution >= 4 is 22.9 Å². The number of ether oxygens (including phenoxy) is 1. The van der Waals surface area contributed by atoms with Crippen LogP contribution in [0.3, 0.4) is 0 Å². The quantitative estimate of drug-likeness (QED) is 0.642. The van der Waals surface area contributed by atoms with E-state index in [1.165, 1.54) is 0 Å². The normalized spacial score (nSPS) is 14.8. The molecule has 3 aromatic rings. The summed E-state index contributed by atoms with van der Waals surface area (Å²) in [6, 6.07) is 15.6. The number of unbranched alkanes of at least 4 members (excludes halogenated alkanes) is 1. The highest BCUT2D eigenvalue weighted by Gasteiger charge is 2.22. The summed E-state index contributed by atoms with van der Waals surface area (Å²) < 4.78 is 5.69. The van der Waals surface area contributed by atoms with E-state index < -0.39 is 0 Å². The number of benzene rings is 2. The third-order valence-corrected chi connectivity index (χ3v) is 5.33. The number of para-hydroxylation sites is 2. The summed E-state index contributed by atoms with van der Waals surface area (Å²) >= 11 is 0. The summed E-state index contributed by atoms with van der Waals surface area (Å²) in [5.41, 5.74) is 2.73. The molecule has 2 heterocycles. The lowest BCUT2D eigenvalue weighted by molar-refractivity contribution is 0.0767. The van der Waals surface area contributed by atoms with Crippen LogP contribution >= 0.6 is 0 Å². The van der Waals surface area contributed by atoms with Crippen molar-refractivity contribution < 1.29 is 9.53 Å². The highest BCUT2D eigenvalue weighted by molar-refractivity contribution is 5.94. The molecule has 1 N–H and O–H groups in total. The minimum absolute atomic E-state index is 0.0802. The fourth-order valence-corrected chi connectivity index (χ4v) is 3.63. The number of anilines is 1. The third-order valence-electron chi connectivity index (χ3n) is 5.33. The average Bonchev–Trinajstić information content (AvgIpc) is 3.03. The average molecular weight is 393 g/mol. The number of aromatic nitrogens is 2. The van der Waals surface area contributed by atoms with Crippen LogP contribution in [0.15, 0.2) is 48.5 Å². The van der Waals surface area contributed by atoms with E-state index in [2.05, 4.69) is 16.8 Å². The number of aromatic amines is 1. The molecule has 1 fully saturated rings. The van der Waals surface area contributed by atoms with Gasteiger partial charge in [-0.2, -0.15) is 0 Å². The highest BCUT2D eigenvalue weighted by atomic mass is 16.5. The molecular formula is C23H28N4O2. The van der Waals surface area contributed by atoms with Gasteiger partial charge in [0.1, 0.15) is 5.75 Å². The van der Waals surface area contributed by atoms with E-state index in [0.29, 0.717) is 18.7 Å². The van der Waals surface area contributed by atoms with Crippen molar-refractivity contribution in [2.75, 3.05) is 37.7 Å². The number of carbonyl (C=O) groups is 1. The van der Waals surface area contributed by atoms with Crippen LogP contribution in [-0.4, -0.2) is 53.6 Å². The van der Waals surface area contributed by atoms with Gasteiger partial charge in [-0.3, -0.25) is 4.79 Å². The first-order chi connectivity index (χ1) is 14.2. The SMILES string of the molecule is CCCCOc1ccc(C(=O)N2CCCN(c3nc4ccccc4[nH]3)CC2)cc1. The summed E-state index contributed by atoms with van der Waals surface area (Å²) in [4.78, 5) is 25.2. The predicted molar refractivity (Wildman–Crippen MR) is 116 cm³/mol. The van der Waals surface area contributed by atoms with Crippen molar-refractivity contribution in [3.63, 3.8) is 0 Å². The molecule has 152 valence electrons. The van der Waals surface area contributed by atoms with Gasteiger partial charge in [0, 0.05) is 31.7 Å². The van der Waals surface area contributed by atoms with Gasteiger partial charge >= 0.3 is 0 Å². The van der Waals surface area contributed by atoms with Crippen molar-refractivity contribution in [1.82, 2.24) is 14.9 Å². The molecule has 29 heavy (non-hydrogen) atoms. The first-order valence-corrected chi connectivity index (χ1v) is 10.5. The van der Waals surface area contributed by atoms with Gasteiger partial charge in [-0.05, 0) is 49.2 Å². The Labute approximate surface area is 171 Å². The fraction of sp³-hybridized carbons (Fsp3) is 0.391. The number of hydrogen-bond acceptors (Lipinski definition) is 4. The lowest BCUT2D eigenvalue weighted by Gasteiger charge is -2.22. The topological polar surface area (TPSA) is 61.5 Å². The fourth-order valence-electron chi connectivity index (χ4n) is 3.63. The van der Waals surface area contributed by atoms with E-state index in [0.717, 1.165) is 61.6 Å². The molecule has 1 amide bonds. The molecule has 6 heteroatoms. The lowest BCUT2D eigenvalue weighted by atomic mass is 10.2. The van der Waals surface area contributed by atoms with Gasteiger partial charge < -0.3 is 19.5 Å². The number of amides is 1. The number of nitrogens with one attached hydrogen (secondary N) is 1. The number of hydrogen-bond donors (Lipinski definition) is 1. The maximum atomic E-state index is 13.0. The van der Waals surface area contributed by atoms with E-state index in [9.17, 15) is 4.79 Å². The zero-order valence-electron chi connectivity index (χ0n) is 16.9. The Kier molecular flexibility index (Phi) is 5.98.